The molecule has 0 unspecified atom stereocenters. The molecule has 4 aromatic heterocycles. The lowest BCUT2D eigenvalue weighted by atomic mass is 9.91. The minimum absolute atomic E-state index is 0.0252. The molecule has 3 fully saturated rings. The minimum Gasteiger partial charge on any atom is -0.439 e. The van der Waals surface area contributed by atoms with Gasteiger partial charge in [-0.1, -0.05) is 52.0 Å². The number of nitrogens with two attached hydrogens (primary N) is 1. The number of anilines is 12. The van der Waals surface area contributed by atoms with Gasteiger partial charge in [-0.3, -0.25) is 9.59 Å². The maximum atomic E-state index is 13.2. The highest BCUT2D eigenvalue weighted by atomic mass is 19.4. The molecule has 3 saturated heterocycles. The largest absolute Gasteiger partial charge is 0.439 e. The van der Waals surface area contributed by atoms with Gasteiger partial charge in [-0.05, 0) is 229 Å². The molecule has 8 aromatic carbocycles. The van der Waals surface area contributed by atoms with Crippen molar-refractivity contribution >= 4 is 105 Å². The van der Waals surface area contributed by atoms with Crippen LogP contribution in [0.4, 0.5) is 141 Å². The van der Waals surface area contributed by atoms with Crippen LogP contribution in [0.1, 0.15) is 113 Å². The number of halogens is 12. The third-order valence-electron chi connectivity index (χ3n) is 23.0. The Morgan fingerprint density at radius 1 is 0.369 bits per heavy atom. The molecule has 46 heteroatoms. The topological polar surface area (TPSA) is 402 Å². The van der Waals surface area contributed by atoms with E-state index in [-0.39, 0.29) is 86.4 Å². The summed E-state index contributed by atoms with van der Waals surface area (Å²) in [5, 5.41) is 23.1. The van der Waals surface area contributed by atoms with Crippen molar-refractivity contribution in [3.63, 3.8) is 0 Å². The van der Waals surface area contributed by atoms with Crippen LogP contribution in [0.15, 0.2) is 219 Å². The van der Waals surface area contributed by atoms with E-state index in [1.54, 1.807) is 121 Å². The lowest BCUT2D eigenvalue weighted by Gasteiger charge is -2.41. The number of ether oxygens (including phenoxy) is 5. The van der Waals surface area contributed by atoms with Gasteiger partial charge in [0.25, 0.3) is 0 Å². The van der Waals surface area contributed by atoms with Gasteiger partial charge >= 0.3 is 48.8 Å². The summed E-state index contributed by atoms with van der Waals surface area (Å²) in [6, 6.07) is 44.7. The molecule has 788 valence electrons. The van der Waals surface area contributed by atoms with Gasteiger partial charge in [-0.15, -0.1) is 0 Å². The summed E-state index contributed by atoms with van der Waals surface area (Å²) in [5.41, 5.74) is 4.40. The number of carbonyl (C=O) groups excluding carboxylic acids is 6. The van der Waals surface area contributed by atoms with Crippen LogP contribution in [0.3, 0.4) is 0 Å². The summed E-state index contributed by atoms with van der Waals surface area (Å²) >= 11 is 0. The number of benzene rings is 8. The molecular weight excluding hydrogens is 1960 g/mol. The number of alkyl halides is 12. The zero-order valence-electron chi connectivity index (χ0n) is 83.0. The molecule has 0 saturated carbocycles. The van der Waals surface area contributed by atoms with E-state index < -0.39 is 71.1 Å². The molecule has 4 atom stereocenters. The first-order valence-corrected chi connectivity index (χ1v) is 46.9. The van der Waals surface area contributed by atoms with Gasteiger partial charge in [-0.2, -0.15) is 52.7 Å². The summed E-state index contributed by atoms with van der Waals surface area (Å²) < 4.78 is 186. The van der Waals surface area contributed by atoms with E-state index in [1.165, 1.54) is 102 Å². The lowest BCUT2D eigenvalue weighted by Crippen LogP contribution is -2.54. The molecule has 34 nitrogen and oxygen atoms in total. The molecule has 12 aromatic rings. The van der Waals surface area contributed by atoms with Gasteiger partial charge in [0.05, 0.1) is 41.5 Å². The first-order valence-electron chi connectivity index (χ1n) is 46.9. The monoisotopic (exact) mass is 2070 g/mol. The number of urea groups is 4. The quantitative estimate of drug-likeness (QED) is 0.0251. The van der Waals surface area contributed by atoms with Crippen molar-refractivity contribution in [2.75, 3.05) is 128 Å². The van der Waals surface area contributed by atoms with Crippen LogP contribution in [0.25, 0.3) is 0 Å². The van der Waals surface area contributed by atoms with E-state index in [0.29, 0.717) is 159 Å². The van der Waals surface area contributed by atoms with E-state index in [1.807, 2.05) is 30.6 Å². The maximum Gasteiger partial charge on any atom is 0.416 e. The highest BCUT2D eigenvalue weighted by Gasteiger charge is 2.38. The van der Waals surface area contributed by atoms with Gasteiger partial charge in [0.15, 0.2) is 0 Å². The molecule has 149 heavy (non-hydrogen) atoms. The van der Waals surface area contributed by atoms with Crippen LogP contribution in [0, 0.1) is 33.1 Å². The van der Waals surface area contributed by atoms with Crippen molar-refractivity contribution < 1.29 is 105 Å². The first kappa shape index (κ1) is 111. The molecule has 15 rings (SSSR count). The summed E-state index contributed by atoms with van der Waals surface area (Å²) in [6.45, 7) is 27.6. The highest BCUT2D eigenvalue weighted by Crippen LogP contribution is 2.40. The van der Waals surface area contributed by atoms with E-state index in [9.17, 15) is 81.5 Å². The number of rotatable bonds is 24. The van der Waals surface area contributed by atoms with Crippen LogP contribution in [-0.4, -0.2) is 175 Å². The van der Waals surface area contributed by atoms with Gasteiger partial charge in [-0.25, -0.2) is 59.0 Å². The third-order valence-corrected chi connectivity index (χ3v) is 23.0. The zero-order valence-corrected chi connectivity index (χ0v) is 83.0. The van der Waals surface area contributed by atoms with Crippen molar-refractivity contribution in [2.24, 2.45) is 11.1 Å². The number of aromatic nitrogens is 8. The molecule has 0 aliphatic carbocycles. The second-order valence-electron chi connectivity index (χ2n) is 36.1. The maximum absolute atomic E-state index is 13.2. The third kappa shape index (κ3) is 33.3. The fourth-order valence-electron chi connectivity index (χ4n) is 15.4. The highest BCUT2D eigenvalue weighted by molar-refractivity contribution is 6.02. The second kappa shape index (κ2) is 49.6. The molecule has 11 N–H and O–H groups in total. The first-order chi connectivity index (χ1) is 70.5. The average molecular weight is 2080 g/mol. The van der Waals surface area contributed by atoms with Crippen LogP contribution in [0.2, 0.25) is 0 Å². The van der Waals surface area contributed by atoms with E-state index >= 15 is 0 Å². The van der Waals surface area contributed by atoms with Crippen LogP contribution in [-0.2, 0) is 39.0 Å². The Balaban J connectivity index is 0.000000177. The average Bonchev–Trinajstić information content (AvgIpc) is 0.810. The zero-order chi connectivity index (χ0) is 108. The normalized spacial score (nSPS) is 15.0. The Morgan fingerprint density at radius 2 is 0.644 bits per heavy atom. The van der Waals surface area contributed by atoms with Crippen molar-refractivity contribution in [2.45, 2.75) is 145 Å². The Hall–Kier alpha value is -16.4. The number of carbonyl (C=O) groups is 6. The van der Waals surface area contributed by atoms with Crippen LogP contribution >= 0.6 is 0 Å². The summed E-state index contributed by atoms with van der Waals surface area (Å²) in [5.74, 6) is 6.20. The molecule has 0 bridgehead atoms. The second-order valence-corrected chi connectivity index (χ2v) is 36.1. The van der Waals surface area contributed by atoms with Crippen molar-refractivity contribution in [3.8, 4) is 46.5 Å². The number of hydrogen-bond acceptors (Lipinski definition) is 24. The predicted molar refractivity (Wildman–Crippen MR) is 540 cm³/mol. The number of amides is 10. The molecule has 0 spiro atoms. The molecule has 3 aliphatic rings. The van der Waals surface area contributed by atoms with Gasteiger partial charge in [0.1, 0.15) is 71.6 Å². The fourth-order valence-corrected chi connectivity index (χ4v) is 15.4. The Morgan fingerprint density at radius 3 is 0.919 bits per heavy atom. The number of morpholine rings is 1. The predicted octanol–water partition coefficient (Wildman–Crippen LogP) is 22.9. The van der Waals surface area contributed by atoms with E-state index in [2.05, 4.69) is 137 Å². The lowest BCUT2D eigenvalue weighted by molar-refractivity contribution is -0.138. The molecule has 3 aliphatic heterocycles. The van der Waals surface area contributed by atoms with Crippen LogP contribution < -0.4 is 87.2 Å². The fraction of sp³-hybridized carbons (Fsp3) is 0.320. The standard InChI is InChI=1S/C30H35F3N6O3.C27H29F3N6O3.C24H24F3N5O3.C22H23F3N6O2/c1-19-6-7-22(14-24(19)30(31,32)33)37-28(41)36-21-8-10-23(11-9-21)42-26-15-25(34-18-35-26)39-13-12-38(17-20(39)2)27(40)16-29(3,4)5;1-4-25(37)35-11-12-36(18(3)15-35)23-14-24(32-16-31-23)39-21-9-7-19(8-10-21)33-26(38)34-20-6-5-17(2)22(13-20)27(28,29)30;1-15-3-4-18(11-20(15)24(25,26)27)31-23(33)30-17-5-7-19(8-6-17)35-22-12-21(28-14-29-22)32-9-10-34-13-16(32)2;1-13-3-4-16(9-18(13)22(23,24)25)31-21(32)30-15-5-7-17(8-6-15)33-20-10-19(27-12-28-20)29-14(2)11-26/h6-11,14-15,18,20H,12-13,16-17H2,1-5H3,(H2,36,37,41);5-10,13-14,16,18H,4,11-12,15H2,1-3H3,(H2,33,34,38);3-8,11-12,14,16H,9-10,13H2,1-2H3,(H2,30,31,33);3-10,12,14H,11,26H2,1-2H3,(H,27,28,29)(H2,30,31,32)/t20-;18-;16-;14-/m1111/s1. The van der Waals surface area contributed by atoms with Crippen molar-refractivity contribution in [3.05, 3.63) is 264 Å². The minimum atomic E-state index is -4.52. The van der Waals surface area contributed by atoms with Gasteiger partial charge in [0.2, 0.25) is 35.3 Å². The molecular formula is C103H111F12N23O11. The number of nitrogens with one attached hydrogen (secondary N) is 9. The Bertz CT molecular complexity index is 6610. The van der Waals surface area contributed by atoms with E-state index in [0.717, 1.165) is 36.6 Å². The van der Waals surface area contributed by atoms with E-state index in [4.69, 9.17) is 29.4 Å². The van der Waals surface area contributed by atoms with Crippen LogP contribution in [0.5, 0.6) is 46.5 Å². The summed E-state index contributed by atoms with van der Waals surface area (Å²) in [4.78, 5) is 118. The van der Waals surface area contributed by atoms with Crippen molar-refractivity contribution in [1.29, 1.82) is 0 Å². The van der Waals surface area contributed by atoms with Crippen molar-refractivity contribution in [1.82, 2.24) is 49.7 Å². The molecule has 0 radical (unpaired) electrons. The number of aryl methyl sites for hydroxylation is 4. The summed E-state index contributed by atoms with van der Waals surface area (Å²) in [6.07, 6.45) is -11.4. The molecule has 10 amide bonds. The number of nitrogens with zero attached hydrogens (tertiary/aromatic N) is 13. The van der Waals surface area contributed by atoms with Gasteiger partial charge < -0.3 is 102 Å². The number of hydrogen-bond donors (Lipinski definition) is 10. The molecule has 7 heterocycles. The SMILES string of the molecule is CCC(=O)N1CCN(c2cc(Oc3ccc(NC(=O)Nc4ccc(C)c(C(F)(F)F)c4)cc3)ncn2)[C@H](C)C1.Cc1ccc(NC(=O)Nc2ccc(Oc3cc(N4CCN(C(=O)CC(C)(C)C)C[C@H]4C)ncn3)cc2)cc1C(F)(F)F.Cc1ccc(NC(=O)Nc2ccc(Oc3cc(N4CCOC[C@H]4C)ncn3)cc2)cc1C(F)(F)F.Cc1ccc(NC(=O)Nc2ccc(Oc3cc(N[C@H](C)CN)ncn3)cc2)cc1C(F)(F)F. The smallest absolute Gasteiger partial charge is 0.416 e. The van der Waals surface area contributed by atoms with Gasteiger partial charge in [0, 0.05) is 153 Å². The summed E-state index contributed by atoms with van der Waals surface area (Å²) in [7, 11) is 0. The Labute approximate surface area is 850 Å². The Kier molecular flexibility index (Phi) is 37.1. The number of piperazine rings is 2.